The zero-order valence-corrected chi connectivity index (χ0v) is 11.7. The summed E-state index contributed by atoms with van der Waals surface area (Å²) >= 11 is 0. The van der Waals surface area contributed by atoms with E-state index in [1.54, 1.807) is 0 Å². The number of rotatable bonds is 5. The second kappa shape index (κ2) is 5.89. The summed E-state index contributed by atoms with van der Waals surface area (Å²) in [6, 6.07) is 8.20. The predicted molar refractivity (Wildman–Crippen MR) is 78.2 cm³/mol. The van der Waals surface area contributed by atoms with Crippen LogP contribution in [0.5, 0.6) is 0 Å². The van der Waals surface area contributed by atoms with Gasteiger partial charge in [-0.05, 0) is 32.6 Å². The quantitative estimate of drug-likeness (QED) is 0.860. The topological polar surface area (TPSA) is 48.1 Å². The van der Waals surface area contributed by atoms with E-state index in [1.165, 1.54) is 0 Å². The van der Waals surface area contributed by atoms with Crippen LogP contribution in [0.15, 0.2) is 30.5 Å². The predicted octanol–water partition coefficient (Wildman–Crippen LogP) is 1.78. The van der Waals surface area contributed by atoms with Gasteiger partial charge in [-0.1, -0.05) is 18.2 Å². The molecule has 2 N–H and O–H groups in total. The van der Waals surface area contributed by atoms with E-state index in [1.807, 2.05) is 51.5 Å². The first-order valence-corrected chi connectivity index (χ1v) is 6.55. The lowest BCUT2D eigenvalue weighted by Gasteiger charge is -2.18. The number of nitrogens with one attached hydrogen (secondary N) is 2. The summed E-state index contributed by atoms with van der Waals surface area (Å²) in [5.41, 5.74) is 2.12. The fourth-order valence-electron chi connectivity index (χ4n) is 2.37. The maximum absolute atomic E-state index is 12.0. The highest BCUT2D eigenvalue weighted by atomic mass is 16.1. The highest BCUT2D eigenvalue weighted by molar-refractivity contribution is 5.88. The number of likely N-dealkylation sites (N-methyl/N-ethyl adjacent to an activating group) is 1. The highest BCUT2D eigenvalue weighted by Crippen LogP contribution is 2.17. The van der Waals surface area contributed by atoms with E-state index in [0.29, 0.717) is 6.42 Å². The van der Waals surface area contributed by atoms with Crippen molar-refractivity contribution in [3.63, 3.8) is 0 Å². The first-order chi connectivity index (χ1) is 9.06. The lowest BCUT2D eigenvalue weighted by atomic mass is 10.1. The molecule has 0 fully saturated rings. The lowest BCUT2D eigenvalue weighted by Crippen LogP contribution is -2.40. The Hall–Kier alpha value is -1.81. The first-order valence-electron chi connectivity index (χ1n) is 6.55. The van der Waals surface area contributed by atoms with Gasteiger partial charge < -0.3 is 15.2 Å². The van der Waals surface area contributed by atoms with Gasteiger partial charge in [-0.25, -0.2) is 0 Å². The van der Waals surface area contributed by atoms with Crippen molar-refractivity contribution >= 4 is 16.8 Å². The summed E-state index contributed by atoms with van der Waals surface area (Å²) in [6.45, 7) is 2.87. The molecule has 19 heavy (non-hydrogen) atoms. The van der Waals surface area contributed by atoms with Crippen LogP contribution in [0, 0.1) is 0 Å². The molecule has 1 unspecified atom stereocenters. The fraction of sp³-hybridized carbons (Fsp3) is 0.400. The number of amides is 1. The zero-order valence-electron chi connectivity index (χ0n) is 11.7. The Labute approximate surface area is 113 Å². The van der Waals surface area contributed by atoms with Crippen LogP contribution in [0.1, 0.15) is 12.5 Å². The zero-order chi connectivity index (χ0) is 13.8. The lowest BCUT2D eigenvalue weighted by molar-refractivity contribution is -0.121. The third-order valence-electron chi connectivity index (χ3n) is 3.07. The Morgan fingerprint density at radius 3 is 2.84 bits per heavy atom. The number of para-hydroxylation sites is 1. The van der Waals surface area contributed by atoms with Crippen LogP contribution < -0.4 is 5.32 Å². The van der Waals surface area contributed by atoms with Crippen LogP contribution in [0.3, 0.4) is 0 Å². The molecule has 0 saturated heterocycles. The minimum atomic E-state index is 0.0686. The average molecular weight is 259 g/mol. The molecule has 102 valence electrons. The number of aromatic nitrogens is 1. The third kappa shape index (κ3) is 3.58. The molecule has 2 aromatic rings. The molecule has 0 bridgehead atoms. The number of fused-ring (bicyclic) bond motifs is 1. The molecule has 4 nitrogen and oxygen atoms in total. The van der Waals surface area contributed by atoms with Gasteiger partial charge in [0.15, 0.2) is 0 Å². The second-order valence-electron chi connectivity index (χ2n) is 5.27. The summed E-state index contributed by atoms with van der Waals surface area (Å²) in [5.74, 6) is 0.0686. The van der Waals surface area contributed by atoms with E-state index < -0.39 is 0 Å². The summed E-state index contributed by atoms with van der Waals surface area (Å²) in [5, 5.41) is 4.14. The van der Waals surface area contributed by atoms with Crippen molar-refractivity contribution in [1.82, 2.24) is 15.2 Å². The smallest absolute Gasteiger partial charge is 0.224 e. The molecule has 2 rings (SSSR count). The molecule has 1 aromatic carbocycles. The highest BCUT2D eigenvalue weighted by Gasteiger charge is 2.11. The van der Waals surface area contributed by atoms with E-state index in [2.05, 4.69) is 15.2 Å². The summed E-state index contributed by atoms with van der Waals surface area (Å²) in [4.78, 5) is 17.3. The number of aromatic amines is 1. The van der Waals surface area contributed by atoms with E-state index >= 15 is 0 Å². The van der Waals surface area contributed by atoms with E-state index in [-0.39, 0.29) is 11.9 Å². The Bertz CT molecular complexity index is 559. The van der Waals surface area contributed by atoms with Crippen molar-refractivity contribution in [3.05, 3.63) is 36.0 Å². The molecule has 1 atom stereocenters. The normalized spacial score (nSPS) is 12.8. The molecule has 0 aliphatic heterocycles. The van der Waals surface area contributed by atoms with Gasteiger partial charge in [-0.3, -0.25) is 4.79 Å². The van der Waals surface area contributed by atoms with E-state index in [4.69, 9.17) is 0 Å². The molecule has 0 saturated carbocycles. The minimum absolute atomic E-state index is 0.0686. The number of benzene rings is 1. The first kappa shape index (κ1) is 13.6. The molecule has 1 heterocycles. The van der Waals surface area contributed by atoms with Crippen LogP contribution in [0.25, 0.3) is 10.9 Å². The van der Waals surface area contributed by atoms with Crippen molar-refractivity contribution in [2.24, 2.45) is 0 Å². The second-order valence-corrected chi connectivity index (χ2v) is 5.27. The number of hydrogen-bond acceptors (Lipinski definition) is 2. The van der Waals surface area contributed by atoms with Crippen LogP contribution in [0.2, 0.25) is 0 Å². The Morgan fingerprint density at radius 2 is 2.11 bits per heavy atom. The van der Waals surface area contributed by atoms with Gasteiger partial charge in [0.2, 0.25) is 5.91 Å². The Morgan fingerprint density at radius 1 is 1.37 bits per heavy atom. The standard InChI is InChI=1S/C15H21N3O/c1-11(10-18(2)3)17-15(19)8-12-9-16-14-7-5-4-6-13(12)14/h4-7,9,11,16H,8,10H2,1-3H3,(H,17,19). The van der Waals surface area contributed by atoms with Gasteiger partial charge in [0.05, 0.1) is 6.42 Å². The van der Waals surface area contributed by atoms with Gasteiger partial charge in [0.25, 0.3) is 0 Å². The van der Waals surface area contributed by atoms with E-state index in [9.17, 15) is 4.79 Å². The average Bonchev–Trinajstić information content (AvgIpc) is 2.71. The van der Waals surface area contributed by atoms with Crippen LogP contribution >= 0.6 is 0 Å². The number of carbonyl (C=O) groups excluding carboxylic acids is 1. The summed E-state index contributed by atoms with van der Waals surface area (Å²) < 4.78 is 0. The molecule has 0 aliphatic rings. The monoisotopic (exact) mass is 259 g/mol. The maximum atomic E-state index is 12.0. The number of nitrogens with zero attached hydrogens (tertiary/aromatic N) is 1. The summed E-state index contributed by atoms with van der Waals surface area (Å²) in [6.07, 6.45) is 2.34. The molecule has 4 heteroatoms. The molecular weight excluding hydrogens is 238 g/mol. The van der Waals surface area contributed by atoms with Crippen molar-refractivity contribution in [2.45, 2.75) is 19.4 Å². The number of H-pyrrole nitrogens is 1. The third-order valence-corrected chi connectivity index (χ3v) is 3.07. The van der Waals surface area contributed by atoms with Crippen LogP contribution in [-0.4, -0.2) is 42.5 Å². The molecule has 0 radical (unpaired) electrons. The molecule has 1 aromatic heterocycles. The van der Waals surface area contributed by atoms with E-state index in [0.717, 1.165) is 23.0 Å². The molecule has 1 amide bonds. The molecule has 0 spiro atoms. The van der Waals surface area contributed by atoms with Gasteiger partial charge in [0, 0.05) is 29.7 Å². The van der Waals surface area contributed by atoms with Gasteiger partial charge in [-0.2, -0.15) is 0 Å². The van der Waals surface area contributed by atoms with Crippen LogP contribution in [0.4, 0.5) is 0 Å². The Kier molecular flexibility index (Phi) is 4.22. The Balaban J connectivity index is 1.99. The SMILES string of the molecule is CC(CN(C)C)NC(=O)Cc1c[nH]c2ccccc12. The van der Waals surface area contributed by atoms with Crippen molar-refractivity contribution in [2.75, 3.05) is 20.6 Å². The van der Waals surface area contributed by atoms with Gasteiger partial charge in [0.1, 0.15) is 0 Å². The van der Waals surface area contributed by atoms with Crippen molar-refractivity contribution in [3.8, 4) is 0 Å². The molecular formula is C15H21N3O. The van der Waals surface area contributed by atoms with Crippen molar-refractivity contribution < 1.29 is 4.79 Å². The minimum Gasteiger partial charge on any atom is -0.361 e. The maximum Gasteiger partial charge on any atom is 0.224 e. The number of carbonyl (C=O) groups is 1. The number of hydrogen-bond donors (Lipinski definition) is 2. The van der Waals surface area contributed by atoms with Gasteiger partial charge >= 0.3 is 0 Å². The van der Waals surface area contributed by atoms with Crippen LogP contribution in [-0.2, 0) is 11.2 Å². The van der Waals surface area contributed by atoms with Gasteiger partial charge in [-0.15, -0.1) is 0 Å². The summed E-state index contributed by atoms with van der Waals surface area (Å²) in [7, 11) is 4.00. The largest absolute Gasteiger partial charge is 0.361 e. The fourth-order valence-corrected chi connectivity index (χ4v) is 2.37. The van der Waals surface area contributed by atoms with Crippen molar-refractivity contribution in [1.29, 1.82) is 0 Å². The molecule has 0 aliphatic carbocycles.